The lowest BCUT2D eigenvalue weighted by Gasteiger charge is -2.39. The molecule has 1 unspecified atom stereocenters. The average Bonchev–Trinajstić information content (AvgIpc) is 2.87. The van der Waals surface area contributed by atoms with Gasteiger partial charge in [0, 0.05) is 59.2 Å². The molecule has 1 fully saturated rings. The molecule has 2 rings (SSSR count). The highest BCUT2D eigenvalue weighted by Gasteiger charge is 2.24. The molecule has 132 valence electrons. The van der Waals surface area contributed by atoms with E-state index in [1.165, 1.54) is 4.31 Å². The maximum absolute atomic E-state index is 11.8. The van der Waals surface area contributed by atoms with Crippen molar-refractivity contribution in [1.29, 1.82) is 0 Å². The van der Waals surface area contributed by atoms with Gasteiger partial charge in [-0.3, -0.25) is 4.90 Å². The molecular weight excluding hydrogens is 314 g/mol. The first-order valence-corrected chi connectivity index (χ1v) is 9.73. The molecule has 0 N–H and O–H groups in total. The summed E-state index contributed by atoms with van der Waals surface area (Å²) in [4.78, 5) is 9.20. The minimum Gasteiger partial charge on any atom is -0.337 e. The molecule has 1 saturated heterocycles. The number of hydrogen-bond acceptors (Lipinski definition) is 5. The van der Waals surface area contributed by atoms with E-state index >= 15 is 0 Å². The second-order valence-electron chi connectivity index (χ2n) is 6.53. The van der Waals surface area contributed by atoms with Crippen molar-refractivity contribution < 1.29 is 8.42 Å². The van der Waals surface area contributed by atoms with Crippen molar-refractivity contribution in [3.05, 3.63) is 18.2 Å². The third-order valence-electron chi connectivity index (χ3n) is 4.55. The van der Waals surface area contributed by atoms with Gasteiger partial charge in [0.25, 0.3) is 0 Å². The van der Waals surface area contributed by atoms with E-state index in [4.69, 9.17) is 0 Å². The molecule has 2 heterocycles. The summed E-state index contributed by atoms with van der Waals surface area (Å²) >= 11 is 0. The minimum absolute atomic E-state index is 0.224. The van der Waals surface area contributed by atoms with Gasteiger partial charge in [0.05, 0.1) is 12.3 Å². The first-order valence-electron chi connectivity index (χ1n) is 8.12. The van der Waals surface area contributed by atoms with Gasteiger partial charge in [-0.25, -0.2) is 17.7 Å². The van der Waals surface area contributed by atoms with E-state index in [1.807, 2.05) is 19.4 Å². The molecule has 1 aromatic heterocycles. The number of sulfonamides is 1. The summed E-state index contributed by atoms with van der Waals surface area (Å²) in [6.45, 7) is 6.89. The van der Waals surface area contributed by atoms with E-state index in [-0.39, 0.29) is 5.75 Å². The molecule has 0 amide bonds. The smallest absolute Gasteiger partial charge is 0.213 e. The van der Waals surface area contributed by atoms with Gasteiger partial charge in [0.2, 0.25) is 10.0 Å². The third kappa shape index (κ3) is 5.00. The van der Waals surface area contributed by atoms with Crippen LogP contribution in [0.4, 0.5) is 0 Å². The highest BCUT2D eigenvalue weighted by atomic mass is 32.2. The van der Waals surface area contributed by atoms with E-state index in [0.717, 1.165) is 38.5 Å². The third-order valence-corrected chi connectivity index (χ3v) is 6.46. The van der Waals surface area contributed by atoms with Crippen LogP contribution in [-0.4, -0.2) is 84.1 Å². The molecule has 0 radical (unpaired) electrons. The van der Waals surface area contributed by atoms with Crippen molar-refractivity contribution in [2.45, 2.75) is 25.9 Å². The van der Waals surface area contributed by atoms with Gasteiger partial charge in [-0.2, -0.15) is 0 Å². The zero-order valence-electron chi connectivity index (χ0n) is 14.6. The molecule has 1 aromatic rings. The summed E-state index contributed by atoms with van der Waals surface area (Å²) in [5.74, 6) is 1.31. The Balaban J connectivity index is 1.77. The van der Waals surface area contributed by atoms with Gasteiger partial charge in [-0.1, -0.05) is 0 Å². The summed E-state index contributed by atoms with van der Waals surface area (Å²) in [6, 6.07) is 0.450. The second kappa shape index (κ2) is 7.74. The van der Waals surface area contributed by atoms with E-state index in [2.05, 4.69) is 26.3 Å². The lowest BCUT2D eigenvalue weighted by Crippen LogP contribution is -2.51. The number of imidazole rings is 1. The highest BCUT2D eigenvalue weighted by Crippen LogP contribution is 2.13. The highest BCUT2D eigenvalue weighted by molar-refractivity contribution is 7.89. The van der Waals surface area contributed by atoms with Gasteiger partial charge < -0.3 is 9.47 Å². The van der Waals surface area contributed by atoms with Crippen LogP contribution in [0.5, 0.6) is 0 Å². The van der Waals surface area contributed by atoms with Gasteiger partial charge in [0.1, 0.15) is 5.82 Å². The van der Waals surface area contributed by atoms with Crippen molar-refractivity contribution in [1.82, 2.24) is 23.7 Å². The molecule has 0 spiro atoms. The SMILES string of the molecule is CC1CN(CCCS(=O)(=O)N(C)C)CCN1Cc1nccn1C. The first-order chi connectivity index (χ1) is 10.8. The second-order valence-corrected chi connectivity index (χ2v) is 8.83. The van der Waals surface area contributed by atoms with Gasteiger partial charge in [0.15, 0.2) is 0 Å². The van der Waals surface area contributed by atoms with Crippen LogP contribution < -0.4 is 0 Å². The fraction of sp³-hybridized carbons (Fsp3) is 0.800. The molecule has 0 aromatic carbocycles. The molecule has 8 heteroatoms. The van der Waals surface area contributed by atoms with E-state index in [9.17, 15) is 8.42 Å². The lowest BCUT2D eigenvalue weighted by atomic mass is 10.2. The fourth-order valence-electron chi connectivity index (χ4n) is 2.89. The molecule has 0 bridgehead atoms. The molecule has 23 heavy (non-hydrogen) atoms. The first kappa shape index (κ1) is 18.4. The minimum atomic E-state index is -3.08. The van der Waals surface area contributed by atoms with E-state index < -0.39 is 10.0 Å². The van der Waals surface area contributed by atoms with Crippen LogP contribution in [-0.2, 0) is 23.6 Å². The lowest BCUT2D eigenvalue weighted by molar-refractivity contribution is 0.0753. The van der Waals surface area contributed by atoms with E-state index in [1.54, 1.807) is 14.1 Å². The van der Waals surface area contributed by atoms with Gasteiger partial charge in [-0.15, -0.1) is 0 Å². The normalized spacial score (nSPS) is 21.2. The Labute approximate surface area is 139 Å². The zero-order chi connectivity index (χ0) is 17.0. The number of aromatic nitrogens is 2. The summed E-state index contributed by atoms with van der Waals surface area (Å²) in [6.07, 6.45) is 4.50. The van der Waals surface area contributed by atoms with Crippen LogP contribution >= 0.6 is 0 Å². The Morgan fingerprint density at radius 1 is 1.35 bits per heavy atom. The van der Waals surface area contributed by atoms with Crippen molar-refractivity contribution in [3.63, 3.8) is 0 Å². The van der Waals surface area contributed by atoms with Crippen LogP contribution in [0.2, 0.25) is 0 Å². The average molecular weight is 343 g/mol. The number of piperazine rings is 1. The summed E-state index contributed by atoms with van der Waals surface area (Å²) in [7, 11) is 2.13. The Morgan fingerprint density at radius 2 is 2.09 bits per heavy atom. The van der Waals surface area contributed by atoms with Crippen LogP contribution in [0.3, 0.4) is 0 Å². The topological polar surface area (TPSA) is 61.7 Å². The molecular formula is C15H29N5O2S. The van der Waals surface area contributed by atoms with Crippen molar-refractivity contribution >= 4 is 10.0 Å². The number of hydrogen-bond donors (Lipinski definition) is 0. The summed E-state index contributed by atoms with van der Waals surface area (Å²) in [5.41, 5.74) is 0. The quantitative estimate of drug-likeness (QED) is 0.708. The number of nitrogens with zero attached hydrogens (tertiary/aromatic N) is 5. The fourth-order valence-corrected chi connectivity index (χ4v) is 3.75. The van der Waals surface area contributed by atoms with Crippen molar-refractivity contribution in [2.75, 3.05) is 46.0 Å². The van der Waals surface area contributed by atoms with E-state index in [0.29, 0.717) is 12.5 Å². The molecule has 7 nitrogen and oxygen atoms in total. The Bertz CT molecular complexity index is 599. The van der Waals surface area contributed by atoms with Crippen LogP contribution in [0.1, 0.15) is 19.2 Å². The Hall–Kier alpha value is -0.960. The van der Waals surface area contributed by atoms with Crippen LogP contribution in [0.25, 0.3) is 0 Å². The molecule has 0 saturated carbocycles. The molecule has 1 atom stereocenters. The summed E-state index contributed by atoms with van der Waals surface area (Å²) < 4.78 is 26.9. The number of aryl methyl sites for hydroxylation is 1. The Morgan fingerprint density at radius 3 is 2.65 bits per heavy atom. The molecule has 1 aliphatic heterocycles. The largest absolute Gasteiger partial charge is 0.337 e. The van der Waals surface area contributed by atoms with Crippen LogP contribution in [0, 0.1) is 0 Å². The van der Waals surface area contributed by atoms with Gasteiger partial charge in [-0.05, 0) is 19.9 Å². The maximum Gasteiger partial charge on any atom is 0.213 e. The predicted molar refractivity (Wildman–Crippen MR) is 91.6 cm³/mol. The maximum atomic E-state index is 11.8. The zero-order valence-corrected chi connectivity index (χ0v) is 15.5. The molecule has 1 aliphatic rings. The monoisotopic (exact) mass is 343 g/mol. The van der Waals surface area contributed by atoms with Crippen molar-refractivity contribution in [2.24, 2.45) is 7.05 Å². The van der Waals surface area contributed by atoms with Crippen molar-refractivity contribution in [3.8, 4) is 0 Å². The molecule has 0 aliphatic carbocycles. The number of rotatable bonds is 7. The Kier molecular flexibility index (Phi) is 6.19. The standard InChI is InChI=1S/C15H29N5O2S/c1-14-12-19(7-5-11-23(21,22)17(2)3)9-10-20(14)13-15-16-6-8-18(15)4/h6,8,14H,5,7,9-13H2,1-4H3. The predicted octanol–water partition coefficient (Wildman–Crippen LogP) is 0.208. The van der Waals surface area contributed by atoms with Crippen LogP contribution in [0.15, 0.2) is 12.4 Å². The summed E-state index contributed by atoms with van der Waals surface area (Å²) in [5, 5.41) is 0. The van der Waals surface area contributed by atoms with Gasteiger partial charge >= 0.3 is 0 Å².